The number of anilines is 1. The second kappa shape index (κ2) is 11.3. The minimum Gasteiger partial charge on any atom is -0.479 e. The molecule has 172 valence electrons. The van der Waals surface area contributed by atoms with Gasteiger partial charge in [-0.05, 0) is 50.6 Å². The molecule has 0 saturated carbocycles. The van der Waals surface area contributed by atoms with Gasteiger partial charge in [0.2, 0.25) is 0 Å². The Hall–Kier alpha value is -3.65. The van der Waals surface area contributed by atoms with Gasteiger partial charge in [-0.1, -0.05) is 30.3 Å². The van der Waals surface area contributed by atoms with Gasteiger partial charge in [0.15, 0.2) is 6.10 Å². The Morgan fingerprint density at radius 1 is 0.939 bits per heavy atom. The van der Waals surface area contributed by atoms with Crippen LogP contribution in [-0.2, 0) is 14.3 Å². The Morgan fingerprint density at radius 2 is 1.61 bits per heavy atom. The van der Waals surface area contributed by atoms with Crippen LogP contribution in [0.4, 0.5) is 5.00 Å². The maximum atomic E-state index is 12.8. The van der Waals surface area contributed by atoms with E-state index in [-0.39, 0.29) is 19.1 Å². The highest BCUT2D eigenvalue weighted by molar-refractivity contribution is 7.15. The number of benzene rings is 2. The van der Waals surface area contributed by atoms with E-state index in [9.17, 15) is 14.4 Å². The predicted octanol–water partition coefficient (Wildman–Crippen LogP) is 5.17. The summed E-state index contributed by atoms with van der Waals surface area (Å²) >= 11 is 1.26. The standard InChI is InChI=1S/C25H25NO6S/c1-4-30-24(28)16(3)32-19-13-11-18(12-14-19)22(27)26-23-21(25(29)31-5-2)20(15-33-23)17-9-7-6-8-10-17/h6-16H,4-5H2,1-3H3,(H,26,27)/t16-/m1/s1. The molecule has 0 aliphatic heterocycles. The number of amides is 1. The Morgan fingerprint density at radius 3 is 2.24 bits per heavy atom. The lowest BCUT2D eigenvalue weighted by Gasteiger charge is -2.13. The third-order valence-corrected chi connectivity index (χ3v) is 5.53. The van der Waals surface area contributed by atoms with Crippen LogP contribution in [0.15, 0.2) is 60.0 Å². The summed E-state index contributed by atoms with van der Waals surface area (Å²) in [5, 5.41) is 5.05. The highest BCUT2D eigenvalue weighted by Crippen LogP contribution is 2.36. The van der Waals surface area contributed by atoms with Crippen LogP contribution >= 0.6 is 11.3 Å². The lowest BCUT2D eigenvalue weighted by molar-refractivity contribution is -0.150. The Bertz CT molecular complexity index is 1110. The van der Waals surface area contributed by atoms with E-state index < -0.39 is 18.0 Å². The molecule has 0 unspecified atom stereocenters. The maximum absolute atomic E-state index is 12.8. The zero-order valence-electron chi connectivity index (χ0n) is 18.6. The predicted molar refractivity (Wildman–Crippen MR) is 127 cm³/mol. The number of nitrogens with one attached hydrogen (secondary N) is 1. The molecule has 0 saturated heterocycles. The van der Waals surface area contributed by atoms with Crippen LogP contribution in [0.3, 0.4) is 0 Å². The van der Waals surface area contributed by atoms with Crippen molar-refractivity contribution in [3.05, 3.63) is 71.1 Å². The smallest absolute Gasteiger partial charge is 0.347 e. The fraction of sp³-hybridized carbons (Fsp3) is 0.240. The van der Waals surface area contributed by atoms with E-state index in [1.165, 1.54) is 11.3 Å². The Balaban J connectivity index is 1.78. The number of carbonyl (C=O) groups excluding carboxylic acids is 3. The van der Waals surface area contributed by atoms with Crippen molar-refractivity contribution in [3.8, 4) is 16.9 Å². The molecule has 1 heterocycles. The monoisotopic (exact) mass is 467 g/mol. The number of rotatable bonds is 9. The molecule has 8 heteroatoms. The summed E-state index contributed by atoms with van der Waals surface area (Å²) in [6, 6.07) is 15.8. The lowest BCUT2D eigenvalue weighted by Crippen LogP contribution is -2.26. The van der Waals surface area contributed by atoms with Crippen molar-refractivity contribution in [2.45, 2.75) is 26.9 Å². The summed E-state index contributed by atoms with van der Waals surface area (Å²) in [5.41, 5.74) is 2.25. The molecule has 1 atom stereocenters. The first-order valence-corrected chi connectivity index (χ1v) is 11.4. The maximum Gasteiger partial charge on any atom is 0.347 e. The molecule has 1 aromatic heterocycles. The number of thiophene rings is 1. The van der Waals surface area contributed by atoms with Crippen molar-refractivity contribution < 1.29 is 28.6 Å². The molecule has 3 aromatic rings. The van der Waals surface area contributed by atoms with Gasteiger partial charge in [0.05, 0.1) is 13.2 Å². The summed E-state index contributed by atoms with van der Waals surface area (Å²) in [6.45, 7) is 5.55. The first-order valence-electron chi connectivity index (χ1n) is 10.5. The number of ether oxygens (including phenoxy) is 3. The molecule has 0 bridgehead atoms. The second-order valence-corrected chi connectivity index (χ2v) is 7.81. The van der Waals surface area contributed by atoms with Gasteiger partial charge in [0.25, 0.3) is 5.91 Å². The number of hydrogen-bond donors (Lipinski definition) is 1. The zero-order valence-corrected chi connectivity index (χ0v) is 19.4. The third kappa shape index (κ3) is 5.98. The molecule has 7 nitrogen and oxygen atoms in total. The van der Waals surface area contributed by atoms with E-state index in [4.69, 9.17) is 14.2 Å². The minimum atomic E-state index is -0.765. The van der Waals surface area contributed by atoms with Crippen LogP contribution in [0.5, 0.6) is 5.75 Å². The third-order valence-electron chi connectivity index (χ3n) is 4.63. The van der Waals surface area contributed by atoms with E-state index in [0.717, 1.165) is 5.56 Å². The van der Waals surface area contributed by atoms with Crippen molar-refractivity contribution in [1.82, 2.24) is 0 Å². The van der Waals surface area contributed by atoms with E-state index in [0.29, 0.717) is 27.4 Å². The highest BCUT2D eigenvalue weighted by Gasteiger charge is 2.23. The highest BCUT2D eigenvalue weighted by atomic mass is 32.1. The van der Waals surface area contributed by atoms with E-state index in [2.05, 4.69) is 5.32 Å². The van der Waals surface area contributed by atoms with Crippen LogP contribution in [-0.4, -0.2) is 37.2 Å². The van der Waals surface area contributed by atoms with Gasteiger partial charge >= 0.3 is 11.9 Å². The second-order valence-electron chi connectivity index (χ2n) is 6.93. The average molecular weight is 468 g/mol. The molecule has 0 fully saturated rings. The first kappa shape index (κ1) is 24.0. The van der Waals surface area contributed by atoms with E-state index in [1.807, 2.05) is 35.7 Å². The molecular formula is C25H25NO6S. The quantitative estimate of drug-likeness (QED) is 0.437. The molecule has 2 aromatic carbocycles. The van der Waals surface area contributed by atoms with Crippen molar-refractivity contribution in [1.29, 1.82) is 0 Å². The fourth-order valence-electron chi connectivity index (χ4n) is 3.06. The molecule has 1 N–H and O–H groups in total. The molecule has 33 heavy (non-hydrogen) atoms. The van der Waals surface area contributed by atoms with Gasteiger partial charge < -0.3 is 19.5 Å². The van der Waals surface area contributed by atoms with Gasteiger partial charge in [0, 0.05) is 16.5 Å². The van der Waals surface area contributed by atoms with Gasteiger partial charge in [-0.2, -0.15) is 0 Å². The Labute approximate surface area is 196 Å². The zero-order chi connectivity index (χ0) is 23.8. The van der Waals surface area contributed by atoms with Crippen molar-refractivity contribution in [2.75, 3.05) is 18.5 Å². The van der Waals surface area contributed by atoms with Crippen molar-refractivity contribution >= 4 is 34.2 Å². The SMILES string of the molecule is CCOC(=O)c1c(-c2ccccc2)csc1NC(=O)c1ccc(O[C@H](C)C(=O)OCC)cc1. The van der Waals surface area contributed by atoms with Crippen LogP contribution in [0, 0.1) is 0 Å². The number of carbonyl (C=O) groups is 3. The molecule has 3 rings (SSSR count). The average Bonchev–Trinajstić information content (AvgIpc) is 3.24. The minimum absolute atomic E-state index is 0.224. The number of hydrogen-bond acceptors (Lipinski definition) is 7. The summed E-state index contributed by atoms with van der Waals surface area (Å²) < 4.78 is 15.7. The normalized spacial score (nSPS) is 11.4. The fourth-order valence-corrected chi connectivity index (χ4v) is 4.01. The topological polar surface area (TPSA) is 90.9 Å². The van der Waals surface area contributed by atoms with Gasteiger partial charge in [-0.15, -0.1) is 11.3 Å². The molecular weight excluding hydrogens is 442 g/mol. The molecule has 0 aliphatic rings. The van der Waals surface area contributed by atoms with Crippen LogP contribution in [0.2, 0.25) is 0 Å². The summed E-state index contributed by atoms with van der Waals surface area (Å²) in [5.74, 6) is -0.906. The summed E-state index contributed by atoms with van der Waals surface area (Å²) in [6.07, 6.45) is -0.765. The molecule has 0 radical (unpaired) electrons. The summed E-state index contributed by atoms with van der Waals surface area (Å²) in [7, 11) is 0. The van der Waals surface area contributed by atoms with Crippen LogP contribution in [0.1, 0.15) is 41.5 Å². The lowest BCUT2D eigenvalue weighted by atomic mass is 10.0. The summed E-state index contributed by atoms with van der Waals surface area (Å²) in [4.78, 5) is 37.2. The van der Waals surface area contributed by atoms with Crippen LogP contribution < -0.4 is 10.1 Å². The van der Waals surface area contributed by atoms with E-state index >= 15 is 0 Å². The van der Waals surface area contributed by atoms with Gasteiger partial charge in [-0.25, -0.2) is 9.59 Å². The van der Waals surface area contributed by atoms with Gasteiger partial charge in [0.1, 0.15) is 16.3 Å². The Kier molecular flexibility index (Phi) is 8.21. The van der Waals surface area contributed by atoms with Crippen LogP contribution in [0.25, 0.3) is 11.1 Å². The van der Waals surface area contributed by atoms with Crippen molar-refractivity contribution in [3.63, 3.8) is 0 Å². The molecule has 0 spiro atoms. The molecule has 0 aliphatic carbocycles. The first-order chi connectivity index (χ1) is 15.9. The van der Waals surface area contributed by atoms with E-state index in [1.54, 1.807) is 45.0 Å². The van der Waals surface area contributed by atoms with Gasteiger partial charge in [-0.3, -0.25) is 4.79 Å². The largest absolute Gasteiger partial charge is 0.479 e. The molecule has 1 amide bonds. The number of esters is 2. The van der Waals surface area contributed by atoms with Crippen molar-refractivity contribution in [2.24, 2.45) is 0 Å².